The highest BCUT2D eigenvalue weighted by molar-refractivity contribution is 6.30. The highest BCUT2D eigenvalue weighted by atomic mass is 35.5. The first-order valence-corrected chi connectivity index (χ1v) is 7.10. The molecule has 2 unspecified atom stereocenters. The summed E-state index contributed by atoms with van der Waals surface area (Å²) in [4.78, 5) is 11.8. The SMILES string of the molecule is CC1NNC(C)C1CNC(=O)COc1ccc(Cl)cc1. The van der Waals surface area contributed by atoms with E-state index in [1.807, 2.05) is 0 Å². The fourth-order valence-electron chi connectivity index (χ4n) is 2.23. The molecule has 1 heterocycles. The van der Waals surface area contributed by atoms with Gasteiger partial charge in [0.05, 0.1) is 0 Å². The molecule has 110 valence electrons. The number of carbonyl (C=O) groups excluding carboxylic acids is 1. The van der Waals surface area contributed by atoms with E-state index >= 15 is 0 Å². The average Bonchev–Trinajstić information content (AvgIpc) is 2.75. The molecule has 1 fully saturated rings. The third-order valence-corrected chi connectivity index (χ3v) is 3.79. The van der Waals surface area contributed by atoms with Crippen molar-refractivity contribution >= 4 is 17.5 Å². The second-order valence-electron chi connectivity index (χ2n) is 5.08. The quantitative estimate of drug-likeness (QED) is 0.767. The van der Waals surface area contributed by atoms with E-state index < -0.39 is 0 Å². The van der Waals surface area contributed by atoms with E-state index in [0.29, 0.717) is 35.3 Å². The largest absolute Gasteiger partial charge is 0.484 e. The Labute approximate surface area is 124 Å². The Morgan fingerprint density at radius 3 is 2.45 bits per heavy atom. The fourth-order valence-corrected chi connectivity index (χ4v) is 2.35. The predicted octanol–water partition coefficient (Wildman–Crippen LogP) is 1.34. The standard InChI is InChI=1S/C14H20ClN3O2/c1-9-13(10(2)18-17-9)7-16-14(19)8-20-12-5-3-11(15)4-6-12/h3-6,9-10,13,17-18H,7-8H2,1-2H3,(H,16,19). The fraction of sp³-hybridized carbons (Fsp3) is 0.500. The van der Waals surface area contributed by atoms with Gasteiger partial charge in [0.1, 0.15) is 5.75 Å². The highest BCUT2D eigenvalue weighted by Crippen LogP contribution is 2.15. The second-order valence-corrected chi connectivity index (χ2v) is 5.51. The Morgan fingerprint density at radius 1 is 1.25 bits per heavy atom. The van der Waals surface area contributed by atoms with Gasteiger partial charge in [-0.15, -0.1) is 0 Å². The Morgan fingerprint density at radius 2 is 1.85 bits per heavy atom. The van der Waals surface area contributed by atoms with Gasteiger partial charge in [-0.2, -0.15) is 0 Å². The van der Waals surface area contributed by atoms with E-state index in [1.165, 1.54) is 0 Å². The number of rotatable bonds is 5. The summed E-state index contributed by atoms with van der Waals surface area (Å²) in [5.74, 6) is 0.885. The van der Waals surface area contributed by atoms with Crippen molar-refractivity contribution in [2.75, 3.05) is 13.2 Å². The molecule has 1 aliphatic heterocycles. The minimum Gasteiger partial charge on any atom is -0.484 e. The van der Waals surface area contributed by atoms with Crippen molar-refractivity contribution in [3.63, 3.8) is 0 Å². The van der Waals surface area contributed by atoms with Crippen LogP contribution < -0.4 is 20.9 Å². The Bertz CT molecular complexity index is 442. The normalized spacial score (nSPS) is 25.4. The summed E-state index contributed by atoms with van der Waals surface area (Å²) in [6.07, 6.45) is 0. The Balaban J connectivity index is 1.71. The molecular formula is C14H20ClN3O2. The van der Waals surface area contributed by atoms with Crippen molar-refractivity contribution in [1.29, 1.82) is 0 Å². The van der Waals surface area contributed by atoms with E-state index in [4.69, 9.17) is 16.3 Å². The molecule has 2 atom stereocenters. The minimum atomic E-state index is -0.119. The lowest BCUT2D eigenvalue weighted by Gasteiger charge is -2.18. The van der Waals surface area contributed by atoms with Crippen molar-refractivity contribution in [1.82, 2.24) is 16.2 Å². The smallest absolute Gasteiger partial charge is 0.257 e. The van der Waals surface area contributed by atoms with Gasteiger partial charge in [0, 0.05) is 29.6 Å². The predicted molar refractivity (Wildman–Crippen MR) is 78.6 cm³/mol. The summed E-state index contributed by atoms with van der Waals surface area (Å²) in [7, 11) is 0. The van der Waals surface area contributed by atoms with Gasteiger partial charge >= 0.3 is 0 Å². The van der Waals surface area contributed by atoms with Gasteiger partial charge in [0.2, 0.25) is 0 Å². The van der Waals surface area contributed by atoms with Crippen molar-refractivity contribution in [3.8, 4) is 5.75 Å². The second kappa shape index (κ2) is 6.92. The molecule has 0 saturated carbocycles. The lowest BCUT2D eigenvalue weighted by Crippen LogP contribution is -2.39. The molecule has 3 N–H and O–H groups in total. The number of amides is 1. The Hall–Kier alpha value is -1.30. The van der Waals surface area contributed by atoms with Crippen LogP contribution in [0.1, 0.15) is 13.8 Å². The zero-order valence-corrected chi connectivity index (χ0v) is 12.4. The van der Waals surface area contributed by atoms with Gasteiger partial charge in [-0.3, -0.25) is 15.6 Å². The third kappa shape index (κ3) is 4.10. The Kier molecular flexibility index (Phi) is 5.23. The third-order valence-electron chi connectivity index (χ3n) is 3.54. The lowest BCUT2D eigenvalue weighted by molar-refractivity contribution is -0.123. The maximum absolute atomic E-state index is 11.8. The molecule has 0 radical (unpaired) electrons. The van der Waals surface area contributed by atoms with Crippen LogP contribution in [0.2, 0.25) is 5.02 Å². The summed E-state index contributed by atoms with van der Waals surface area (Å²) in [6, 6.07) is 7.61. The van der Waals surface area contributed by atoms with Gasteiger partial charge in [0.25, 0.3) is 5.91 Å². The highest BCUT2D eigenvalue weighted by Gasteiger charge is 2.29. The maximum atomic E-state index is 11.8. The van der Waals surface area contributed by atoms with Gasteiger partial charge in [-0.05, 0) is 38.1 Å². The van der Waals surface area contributed by atoms with Gasteiger partial charge < -0.3 is 10.1 Å². The van der Waals surface area contributed by atoms with Crippen LogP contribution in [0.5, 0.6) is 5.75 Å². The number of nitrogens with one attached hydrogen (secondary N) is 3. The topological polar surface area (TPSA) is 62.4 Å². The van der Waals surface area contributed by atoms with Crippen LogP contribution >= 0.6 is 11.6 Å². The van der Waals surface area contributed by atoms with E-state index in [1.54, 1.807) is 24.3 Å². The molecular weight excluding hydrogens is 278 g/mol. The first kappa shape index (κ1) is 15.1. The molecule has 1 aliphatic rings. The zero-order chi connectivity index (χ0) is 14.5. The minimum absolute atomic E-state index is 0.0119. The van der Waals surface area contributed by atoms with Crippen LogP contribution in [0.4, 0.5) is 0 Å². The number of ether oxygens (including phenoxy) is 1. The summed E-state index contributed by atoms with van der Waals surface area (Å²) >= 11 is 5.78. The first-order valence-electron chi connectivity index (χ1n) is 6.72. The van der Waals surface area contributed by atoms with Crippen LogP contribution in [0.3, 0.4) is 0 Å². The molecule has 1 aromatic carbocycles. The molecule has 0 aromatic heterocycles. The van der Waals surface area contributed by atoms with Crippen LogP contribution in [0.15, 0.2) is 24.3 Å². The number of hydrogen-bond donors (Lipinski definition) is 3. The molecule has 0 bridgehead atoms. The zero-order valence-electron chi connectivity index (χ0n) is 11.7. The van der Waals surface area contributed by atoms with Crippen molar-refractivity contribution in [2.24, 2.45) is 5.92 Å². The van der Waals surface area contributed by atoms with E-state index in [2.05, 4.69) is 30.0 Å². The van der Waals surface area contributed by atoms with Crippen LogP contribution in [0, 0.1) is 5.92 Å². The van der Waals surface area contributed by atoms with Crippen LogP contribution in [-0.2, 0) is 4.79 Å². The maximum Gasteiger partial charge on any atom is 0.257 e. The lowest BCUT2D eigenvalue weighted by atomic mass is 9.97. The van der Waals surface area contributed by atoms with E-state index in [9.17, 15) is 4.79 Å². The van der Waals surface area contributed by atoms with E-state index in [-0.39, 0.29) is 12.5 Å². The molecule has 1 saturated heterocycles. The monoisotopic (exact) mass is 297 g/mol. The van der Waals surface area contributed by atoms with Gasteiger partial charge in [-0.1, -0.05) is 11.6 Å². The van der Waals surface area contributed by atoms with Crippen LogP contribution in [0.25, 0.3) is 0 Å². The van der Waals surface area contributed by atoms with Crippen molar-refractivity contribution in [2.45, 2.75) is 25.9 Å². The molecule has 6 heteroatoms. The van der Waals surface area contributed by atoms with Gasteiger partial charge in [0.15, 0.2) is 6.61 Å². The van der Waals surface area contributed by atoms with Gasteiger partial charge in [-0.25, -0.2) is 0 Å². The molecule has 5 nitrogen and oxygen atoms in total. The van der Waals surface area contributed by atoms with E-state index in [0.717, 1.165) is 0 Å². The number of halogens is 1. The first-order chi connectivity index (χ1) is 9.56. The molecule has 0 spiro atoms. The van der Waals surface area contributed by atoms with Crippen molar-refractivity contribution in [3.05, 3.63) is 29.3 Å². The molecule has 20 heavy (non-hydrogen) atoms. The summed E-state index contributed by atoms with van der Waals surface area (Å²) in [6.45, 7) is 4.83. The number of carbonyl (C=O) groups is 1. The molecule has 1 aromatic rings. The average molecular weight is 298 g/mol. The number of hydrazine groups is 1. The molecule has 1 amide bonds. The molecule has 0 aliphatic carbocycles. The number of benzene rings is 1. The number of hydrogen-bond acceptors (Lipinski definition) is 4. The summed E-state index contributed by atoms with van der Waals surface area (Å²) in [5.41, 5.74) is 6.32. The summed E-state index contributed by atoms with van der Waals surface area (Å²) in [5, 5.41) is 3.54. The molecule has 2 rings (SSSR count). The van der Waals surface area contributed by atoms with Crippen LogP contribution in [-0.4, -0.2) is 31.1 Å². The summed E-state index contributed by atoms with van der Waals surface area (Å²) < 4.78 is 5.39. The van der Waals surface area contributed by atoms with Crippen molar-refractivity contribution < 1.29 is 9.53 Å².